The number of aromatic nitrogens is 1. The average molecular weight is 210 g/mol. The number of carboxylic acids is 1. The molecule has 0 spiro atoms. The van der Waals surface area contributed by atoms with Crippen molar-refractivity contribution in [1.29, 1.82) is 0 Å². The minimum Gasteiger partial charge on any atom is -0.480 e. The van der Waals surface area contributed by atoms with E-state index in [1.807, 2.05) is 0 Å². The van der Waals surface area contributed by atoms with E-state index in [1.54, 1.807) is 4.90 Å². The Morgan fingerprint density at radius 2 is 2.40 bits per heavy atom. The number of carboxylic acid groups (broad SMARTS) is 1. The van der Waals surface area contributed by atoms with Crippen molar-refractivity contribution < 1.29 is 14.3 Å². The van der Waals surface area contributed by atoms with E-state index in [0.29, 0.717) is 18.8 Å². The van der Waals surface area contributed by atoms with Crippen LogP contribution >= 0.6 is 0 Å². The van der Waals surface area contributed by atoms with E-state index < -0.39 is 17.8 Å². The Bertz CT molecular complexity index is 366. The van der Waals surface area contributed by atoms with Gasteiger partial charge in [0.2, 0.25) is 0 Å². The smallest absolute Gasteiger partial charge is 0.326 e. The van der Waals surface area contributed by atoms with E-state index in [1.165, 1.54) is 12.1 Å². The van der Waals surface area contributed by atoms with Crippen LogP contribution in [0.3, 0.4) is 0 Å². The van der Waals surface area contributed by atoms with E-state index in [9.17, 15) is 9.18 Å². The summed E-state index contributed by atoms with van der Waals surface area (Å²) in [5, 5.41) is 8.96. The fourth-order valence-corrected chi connectivity index (χ4v) is 1.84. The lowest BCUT2D eigenvalue weighted by Crippen LogP contribution is -2.36. The van der Waals surface area contributed by atoms with Crippen molar-refractivity contribution in [2.24, 2.45) is 0 Å². The summed E-state index contributed by atoms with van der Waals surface area (Å²) in [5.74, 6) is -0.732. The van der Waals surface area contributed by atoms with Crippen molar-refractivity contribution in [2.75, 3.05) is 11.4 Å². The molecule has 1 atom stereocenters. The number of hydrogen-bond donors (Lipinski definition) is 1. The number of pyridine rings is 1. The van der Waals surface area contributed by atoms with Crippen LogP contribution in [0.5, 0.6) is 0 Å². The van der Waals surface area contributed by atoms with Crippen molar-refractivity contribution in [2.45, 2.75) is 18.9 Å². The fraction of sp³-hybridized carbons (Fsp3) is 0.400. The minimum atomic E-state index is -0.848. The highest BCUT2D eigenvalue weighted by Gasteiger charge is 2.31. The second-order valence-corrected chi connectivity index (χ2v) is 3.52. The molecule has 1 N–H and O–H groups in total. The number of rotatable bonds is 2. The maximum absolute atomic E-state index is 12.6. The molecule has 1 fully saturated rings. The van der Waals surface area contributed by atoms with Gasteiger partial charge < -0.3 is 10.0 Å². The first-order valence-corrected chi connectivity index (χ1v) is 4.79. The lowest BCUT2D eigenvalue weighted by Gasteiger charge is -2.22. The van der Waals surface area contributed by atoms with Crippen LogP contribution in [-0.4, -0.2) is 28.6 Å². The van der Waals surface area contributed by atoms with Gasteiger partial charge in [0.15, 0.2) is 0 Å². The largest absolute Gasteiger partial charge is 0.480 e. The number of carbonyl (C=O) groups is 1. The summed E-state index contributed by atoms with van der Waals surface area (Å²) < 4.78 is 12.6. The molecule has 0 unspecified atom stereocenters. The van der Waals surface area contributed by atoms with E-state index in [2.05, 4.69) is 4.98 Å². The van der Waals surface area contributed by atoms with Crippen LogP contribution in [0, 0.1) is 5.82 Å². The molecule has 1 saturated heterocycles. The van der Waals surface area contributed by atoms with Crippen molar-refractivity contribution in [3.05, 3.63) is 24.1 Å². The van der Waals surface area contributed by atoms with Crippen LogP contribution in [0.4, 0.5) is 10.2 Å². The maximum atomic E-state index is 12.6. The summed E-state index contributed by atoms with van der Waals surface area (Å²) >= 11 is 0. The number of aliphatic carboxylic acids is 1. The topological polar surface area (TPSA) is 53.4 Å². The summed E-state index contributed by atoms with van der Waals surface area (Å²) in [6.45, 7) is 0.662. The zero-order chi connectivity index (χ0) is 10.8. The Labute approximate surface area is 86.4 Å². The molecule has 1 aromatic heterocycles. The first kappa shape index (κ1) is 9.89. The second kappa shape index (κ2) is 3.84. The molecule has 1 aliphatic heterocycles. The predicted molar refractivity (Wildman–Crippen MR) is 52.2 cm³/mol. The first-order valence-electron chi connectivity index (χ1n) is 4.79. The Hall–Kier alpha value is -1.65. The minimum absolute atomic E-state index is 0.412. The number of halogens is 1. The normalized spacial score (nSPS) is 20.6. The first-order chi connectivity index (χ1) is 7.18. The van der Waals surface area contributed by atoms with Crippen molar-refractivity contribution in [3.8, 4) is 0 Å². The number of hydrogen-bond acceptors (Lipinski definition) is 3. The standard InChI is InChI=1S/C10H11FN2O2/c11-7-3-4-9(12-6-7)13-5-1-2-8(13)10(14)15/h3-4,6,8H,1-2,5H2,(H,14,15)/t8-/m1/s1. The summed E-state index contributed by atoms with van der Waals surface area (Å²) in [6, 6.07) is 2.28. The van der Waals surface area contributed by atoms with Gasteiger partial charge in [0.25, 0.3) is 0 Å². The fourth-order valence-electron chi connectivity index (χ4n) is 1.84. The van der Waals surface area contributed by atoms with Crippen molar-refractivity contribution in [3.63, 3.8) is 0 Å². The third-order valence-electron chi connectivity index (χ3n) is 2.54. The Balaban J connectivity index is 2.22. The molecule has 0 bridgehead atoms. The van der Waals surface area contributed by atoms with Crippen LogP contribution in [-0.2, 0) is 4.79 Å². The zero-order valence-electron chi connectivity index (χ0n) is 8.06. The van der Waals surface area contributed by atoms with Crippen LogP contribution in [0.15, 0.2) is 18.3 Å². The Morgan fingerprint density at radius 3 is 3.00 bits per heavy atom. The van der Waals surface area contributed by atoms with Gasteiger partial charge in [-0.2, -0.15) is 0 Å². The van der Waals surface area contributed by atoms with Gasteiger partial charge in [-0.05, 0) is 25.0 Å². The molecular formula is C10H11FN2O2. The van der Waals surface area contributed by atoms with E-state index in [-0.39, 0.29) is 0 Å². The third-order valence-corrected chi connectivity index (χ3v) is 2.54. The average Bonchev–Trinajstić information content (AvgIpc) is 2.67. The molecule has 2 rings (SSSR count). The monoisotopic (exact) mass is 210 g/mol. The van der Waals surface area contributed by atoms with Gasteiger partial charge in [-0.3, -0.25) is 0 Å². The van der Waals surface area contributed by atoms with Gasteiger partial charge in [0.05, 0.1) is 6.20 Å². The van der Waals surface area contributed by atoms with Crippen LogP contribution in [0.2, 0.25) is 0 Å². The molecule has 0 radical (unpaired) electrons. The lowest BCUT2D eigenvalue weighted by molar-refractivity contribution is -0.138. The summed E-state index contributed by atoms with van der Waals surface area (Å²) in [7, 11) is 0. The van der Waals surface area contributed by atoms with Crippen LogP contribution < -0.4 is 4.90 Å². The van der Waals surface area contributed by atoms with Gasteiger partial charge in [-0.15, -0.1) is 0 Å². The van der Waals surface area contributed by atoms with Crippen LogP contribution in [0.1, 0.15) is 12.8 Å². The SMILES string of the molecule is O=C(O)[C@H]1CCCN1c1ccc(F)cn1. The van der Waals surface area contributed by atoms with Crippen molar-refractivity contribution in [1.82, 2.24) is 4.98 Å². The molecule has 15 heavy (non-hydrogen) atoms. The van der Waals surface area contributed by atoms with Gasteiger partial charge in [0.1, 0.15) is 17.7 Å². The van der Waals surface area contributed by atoms with Gasteiger partial charge in [-0.1, -0.05) is 0 Å². The quantitative estimate of drug-likeness (QED) is 0.798. The maximum Gasteiger partial charge on any atom is 0.326 e. The molecule has 1 aliphatic rings. The van der Waals surface area contributed by atoms with E-state index in [4.69, 9.17) is 5.11 Å². The molecule has 2 heterocycles. The van der Waals surface area contributed by atoms with Gasteiger partial charge in [-0.25, -0.2) is 14.2 Å². The molecule has 80 valence electrons. The van der Waals surface area contributed by atoms with Crippen molar-refractivity contribution >= 4 is 11.8 Å². The molecule has 0 aliphatic carbocycles. The highest BCUT2D eigenvalue weighted by molar-refractivity contribution is 5.78. The summed E-state index contributed by atoms with van der Waals surface area (Å²) in [6.07, 6.45) is 2.55. The second-order valence-electron chi connectivity index (χ2n) is 3.52. The number of anilines is 1. The van der Waals surface area contributed by atoms with Gasteiger partial charge in [0, 0.05) is 6.54 Å². The molecular weight excluding hydrogens is 199 g/mol. The Morgan fingerprint density at radius 1 is 1.60 bits per heavy atom. The molecule has 5 heteroatoms. The Kier molecular flexibility index (Phi) is 2.53. The predicted octanol–water partition coefficient (Wildman–Crippen LogP) is 1.27. The van der Waals surface area contributed by atoms with Gasteiger partial charge >= 0.3 is 5.97 Å². The molecule has 0 aromatic carbocycles. The molecule has 1 aromatic rings. The molecule has 0 amide bonds. The summed E-state index contributed by atoms with van der Waals surface area (Å²) in [4.78, 5) is 16.5. The van der Waals surface area contributed by atoms with E-state index >= 15 is 0 Å². The molecule has 4 nitrogen and oxygen atoms in total. The van der Waals surface area contributed by atoms with E-state index in [0.717, 1.165) is 12.6 Å². The highest BCUT2D eigenvalue weighted by atomic mass is 19.1. The lowest BCUT2D eigenvalue weighted by atomic mass is 10.2. The molecule has 0 saturated carbocycles. The highest BCUT2D eigenvalue weighted by Crippen LogP contribution is 2.23. The third kappa shape index (κ3) is 1.91. The van der Waals surface area contributed by atoms with Crippen LogP contribution in [0.25, 0.3) is 0 Å². The zero-order valence-corrected chi connectivity index (χ0v) is 8.06. The number of nitrogens with zero attached hydrogens (tertiary/aromatic N) is 2. The summed E-state index contributed by atoms with van der Waals surface area (Å²) in [5.41, 5.74) is 0.